The van der Waals surface area contributed by atoms with Crippen molar-refractivity contribution in [3.63, 3.8) is 0 Å². The summed E-state index contributed by atoms with van der Waals surface area (Å²) in [5.74, 6) is -2.15. The Morgan fingerprint density at radius 2 is 0.961 bits per heavy atom. The van der Waals surface area contributed by atoms with Crippen LogP contribution in [0.4, 0.5) is 0 Å². The van der Waals surface area contributed by atoms with Crippen molar-refractivity contribution in [3.05, 3.63) is 47.1 Å². The highest BCUT2D eigenvalue weighted by atomic mass is 16.6. The lowest BCUT2D eigenvalue weighted by atomic mass is 9.89. The van der Waals surface area contributed by atoms with E-state index in [2.05, 4.69) is 55.4 Å². The Labute approximate surface area is 454 Å². The molecule has 432 valence electrons. The number of hydrogen-bond donors (Lipinski definition) is 4. The first-order valence-corrected chi connectivity index (χ1v) is 27.4. The van der Waals surface area contributed by atoms with Gasteiger partial charge < -0.3 is 49.7 Å². The van der Waals surface area contributed by atoms with Gasteiger partial charge in [0.1, 0.15) is 35.6 Å². The molecule has 20 nitrogen and oxygen atoms in total. The number of rotatable bonds is 28. The fourth-order valence-corrected chi connectivity index (χ4v) is 8.42. The lowest BCUT2D eigenvalue weighted by molar-refractivity contribution is -0.158. The van der Waals surface area contributed by atoms with E-state index in [1.807, 2.05) is 92.0 Å². The fraction of sp³-hybridized carbons (Fsp3) is 0.750. The first-order valence-electron chi connectivity index (χ1n) is 27.4. The zero-order chi connectivity index (χ0) is 56.2. The molecule has 1 heterocycles. The molecule has 0 saturated carbocycles. The van der Waals surface area contributed by atoms with E-state index in [9.17, 15) is 28.8 Å². The molecule has 0 unspecified atom stereocenters. The van der Waals surface area contributed by atoms with Crippen molar-refractivity contribution in [3.8, 4) is 0 Å². The summed E-state index contributed by atoms with van der Waals surface area (Å²) < 4.78 is 34.0. The summed E-state index contributed by atoms with van der Waals surface area (Å²) in [4.78, 5) is 85.4. The molecule has 76 heavy (non-hydrogen) atoms. The highest BCUT2D eigenvalue weighted by Gasteiger charge is 2.29. The molecule has 0 bridgehead atoms. The summed E-state index contributed by atoms with van der Waals surface area (Å²) in [5, 5.41) is 13.2. The molecule has 0 amide bonds. The van der Waals surface area contributed by atoms with E-state index in [0.29, 0.717) is 98.0 Å². The van der Waals surface area contributed by atoms with Crippen LogP contribution in [0.25, 0.3) is 0 Å². The van der Waals surface area contributed by atoms with Gasteiger partial charge in [0.15, 0.2) is 0 Å². The number of ether oxygens (including phenoxy) is 6. The molecule has 0 aromatic heterocycles. The Morgan fingerprint density at radius 1 is 0.513 bits per heavy atom. The molecule has 0 radical (unpaired) electrons. The molecule has 4 N–H and O–H groups in total. The summed E-state index contributed by atoms with van der Waals surface area (Å²) in [6, 6.07) is 0. The monoisotopic (exact) mass is 1070 g/mol. The van der Waals surface area contributed by atoms with Crippen molar-refractivity contribution < 1.29 is 57.2 Å². The van der Waals surface area contributed by atoms with Gasteiger partial charge >= 0.3 is 35.8 Å². The summed E-state index contributed by atoms with van der Waals surface area (Å²) in [6.07, 6.45) is 14.2. The summed E-state index contributed by atoms with van der Waals surface area (Å²) in [7, 11) is 0. The summed E-state index contributed by atoms with van der Waals surface area (Å²) in [5.41, 5.74) is 0.170. The van der Waals surface area contributed by atoms with Gasteiger partial charge in [-0.2, -0.15) is 0 Å². The maximum atomic E-state index is 13.4. The zero-order valence-electron chi connectivity index (χ0n) is 48.2. The van der Waals surface area contributed by atoms with E-state index in [1.165, 1.54) is 0 Å². The van der Waals surface area contributed by atoms with Crippen LogP contribution in [0.1, 0.15) is 108 Å². The van der Waals surface area contributed by atoms with Gasteiger partial charge in [-0.25, -0.2) is 0 Å². The Hall–Kier alpha value is -4.54. The predicted molar refractivity (Wildman–Crippen MR) is 293 cm³/mol. The average molecular weight is 1070 g/mol. The second kappa shape index (κ2) is 33.7. The second-order valence-electron chi connectivity index (χ2n) is 23.2. The molecular weight excluding hydrogens is 977 g/mol. The third-order valence-electron chi connectivity index (χ3n) is 11.8. The van der Waals surface area contributed by atoms with E-state index >= 15 is 0 Å². The lowest BCUT2D eigenvalue weighted by Crippen LogP contribution is -2.46. The molecule has 2 aliphatic carbocycles. The molecule has 1 aliphatic heterocycles. The largest absolute Gasteiger partial charge is 0.460 e. The van der Waals surface area contributed by atoms with E-state index in [0.717, 1.165) is 42.4 Å². The zero-order valence-corrected chi connectivity index (χ0v) is 48.2. The molecule has 3 aliphatic rings. The van der Waals surface area contributed by atoms with Gasteiger partial charge in [-0.3, -0.25) is 48.4 Å². The van der Waals surface area contributed by atoms with E-state index in [1.54, 1.807) is 0 Å². The smallest absolute Gasteiger partial charge is 0.320 e. The predicted octanol–water partition coefficient (Wildman–Crippen LogP) is 3.31. The summed E-state index contributed by atoms with van der Waals surface area (Å²) in [6.45, 7) is 28.6. The number of carbonyl (C=O) groups is 6. The topological polar surface area (TPSA) is 219 Å². The number of nitrogens with one attached hydrogen (secondary N) is 4. The molecule has 1 fully saturated rings. The Balaban J connectivity index is 1.49. The SMILES string of the molecule is CC(C)(C)OC(=O)CNCCN(CCN(CCNCC(=O)OCC1=CCCC=C1CC(C)(C)OC(=O)CN1CCNCCN(CC(=O)OC(C)(C)C)CCNCC1)CC(=O)OC(C)(C)C)CC(=O)OCC1=CCCC=C1. The third kappa shape index (κ3) is 32.3. The Kier molecular flexibility index (Phi) is 29.1. The van der Waals surface area contributed by atoms with Crippen LogP contribution < -0.4 is 21.3 Å². The number of esters is 6. The molecule has 1 saturated heterocycles. The summed E-state index contributed by atoms with van der Waals surface area (Å²) >= 11 is 0. The Morgan fingerprint density at radius 3 is 1.47 bits per heavy atom. The molecule has 0 spiro atoms. The fourth-order valence-electron chi connectivity index (χ4n) is 8.42. The van der Waals surface area contributed by atoms with Gasteiger partial charge in [-0.1, -0.05) is 30.4 Å². The van der Waals surface area contributed by atoms with Crippen LogP contribution in [0.15, 0.2) is 47.1 Å². The van der Waals surface area contributed by atoms with Gasteiger partial charge in [0.05, 0.1) is 39.3 Å². The first-order chi connectivity index (χ1) is 35.7. The standard InChI is InChI=1S/C56H96N8O12/c1-53(2,3)73-48(66)37-60-26-31-63(38-49(67)71-42-44-17-13-12-14-18-44)33-34-64(40-51(69)75-55(7,8)9)32-25-59-36-47(65)72-43-46-20-16-15-19-45(46)35-56(10,11)76-52(70)41-62-29-23-57-21-27-61(28-22-58-24-30-62)39-50(68)74-54(4,5)6/h13,17-20,57-60H,12,14-16,21-43H2,1-11H3. The van der Waals surface area contributed by atoms with Crippen LogP contribution in [0, 0.1) is 0 Å². The van der Waals surface area contributed by atoms with Crippen LogP contribution in [-0.4, -0.2) is 222 Å². The van der Waals surface area contributed by atoms with Crippen molar-refractivity contribution in [1.29, 1.82) is 0 Å². The highest BCUT2D eigenvalue weighted by Crippen LogP contribution is 2.29. The lowest BCUT2D eigenvalue weighted by Gasteiger charge is -2.30. The van der Waals surface area contributed by atoms with Gasteiger partial charge in [0, 0.05) is 98.0 Å². The van der Waals surface area contributed by atoms with Crippen molar-refractivity contribution in [1.82, 2.24) is 40.9 Å². The van der Waals surface area contributed by atoms with Crippen molar-refractivity contribution in [2.75, 3.05) is 144 Å². The van der Waals surface area contributed by atoms with Crippen molar-refractivity contribution in [2.45, 2.75) is 131 Å². The van der Waals surface area contributed by atoms with Crippen LogP contribution in [0.2, 0.25) is 0 Å². The van der Waals surface area contributed by atoms with Gasteiger partial charge in [-0.05, 0) is 119 Å². The number of nitrogens with zero attached hydrogens (tertiary/aromatic N) is 4. The van der Waals surface area contributed by atoms with E-state index < -0.39 is 34.3 Å². The van der Waals surface area contributed by atoms with Crippen LogP contribution in [0.5, 0.6) is 0 Å². The quantitative estimate of drug-likeness (QED) is 0.0502. The van der Waals surface area contributed by atoms with Gasteiger partial charge in [0.2, 0.25) is 0 Å². The minimum Gasteiger partial charge on any atom is -0.460 e. The maximum Gasteiger partial charge on any atom is 0.320 e. The third-order valence-corrected chi connectivity index (χ3v) is 11.8. The average Bonchev–Trinajstić information content (AvgIpc) is 3.29. The van der Waals surface area contributed by atoms with Crippen molar-refractivity contribution >= 4 is 35.8 Å². The van der Waals surface area contributed by atoms with Crippen LogP contribution in [0.3, 0.4) is 0 Å². The first kappa shape index (κ1) is 65.7. The van der Waals surface area contributed by atoms with Crippen LogP contribution >= 0.6 is 0 Å². The maximum absolute atomic E-state index is 13.4. The Bertz CT molecular complexity index is 1950. The number of allylic oxidation sites excluding steroid dienone is 4. The molecule has 0 atom stereocenters. The minimum absolute atomic E-state index is 0.00312. The van der Waals surface area contributed by atoms with Crippen LogP contribution in [-0.2, 0) is 57.2 Å². The van der Waals surface area contributed by atoms with Gasteiger partial charge in [-0.15, -0.1) is 0 Å². The molecule has 0 aromatic rings. The normalized spacial score (nSPS) is 16.9. The second-order valence-corrected chi connectivity index (χ2v) is 23.2. The molecule has 3 rings (SSSR count). The van der Waals surface area contributed by atoms with Gasteiger partial charge in [0.25, 0.3) is 0 Å². The van der Waals surface area contributed by atoms with Crippen molar-refractivity contribution in [2.24, 2.45) is 0 Å². The highest BCUT2D eigenvalue weighted by molar-refractivity contribution is 5.74. The molecular formula is C56H96N8O12. The van der Waals surface area contributed by atoms with E-state index in [-0.39, 0.29) is 76.4 Å². The molecule has 0 aromatic carbocycles. The number of hydrogen-bond acceptors (Lipinski definition) is 20. The van der Waals surface area contributed by atoms with E-state index in [4.69, 9.17) is 28.4 Å². The molecule has 20 heteroatoms. The minimum atomic E-state index is -0.819. The number of carbonyl (C=O) groups excluding carboxylic acids is 6.